The van der Waals surface area contributed by atoms with Crippen molar-refractivity contribution in [3.63, 3.8) is 0 Å². The summed E-state index contributed by atoms with van der Waals surface area (Å²) in [5.74, 6) is 1.52. The topological polar surface area (TPSA) is 70.5 Å². The van der Waals surface area contributed by atoms with Crippen LogP contribution in [0.15, 0.2) is 12.4 Å². The van der Waals surface area contributed by atoms with E-state index in [2.05, 4.69) is 14.9 Å². The molecule has 2 aliphatic heterocycles. The molecule has 2 aliphatic rings. The van der Waals surface area contributed by atoms with Crippen molar-refractivity contribution in [1.29, 1.82) is 0 Å². The van der Waals surface area contributed by atoms with E-state index in [1.807, 2.05) is 12.4 Å². The monoisotopic (exact) mass is 305 g/mol. The fraction of sp³-hybridized carbons (Fsp3) is 0.667. The largest absolute Gasteiger partial charge is 0.344 e. The first-order chi connectivity index (χ1) is 10.5. The van der Waals surface area contributed by atoms with E-state index in [1.54, 1.807) is 23.9 Å². The minimum absolute atomic E-state index is 0.00134. The van der Waals surface area contributed by atoms with Crippen molar-refractivity contribution in [2.75, 3.05) is 27.2 Å². The van der Waals surface area contributed by atoms with E-state index in [0.717, 1.165) is 25.2 Å². The SMILES string of the molecule is CN(C[C@H]1CCn2ccnc2C1)C(=O)N[C@H]1CCN(C)C1=O. The lowest BCUT2D eigenvalue weighted by Gasteiger charge is -2.28. The van der Waals surface area contributed by atoms with Gasteiger partial charge in [-0.05, 0) is 18.8 Å². The van der Waals surface area contributed by atoms with Gasteiger partial charge in [-0.25, -0.2) is 9.78 Å². The molecule has 0 bridgehead atoms. The van der Waals surface area contributed by atoms with Gasteiger partial charge in [0, 0.05) is 52.5 Å². The quantitative estimate of drug-likeness (QED) is 0.874. The second-order valence-electron chi connectivity index (χ2n) is 6.33. The molecule has 0 aliphatic carbocycles. The zero-order valence-electron chi connectivity index (χ0n) is 13.2. The number of amides is 3. The standard InChI is InChI=1S/C15H23N5O2/c1-18-6-4-12(14(18)21)17-15(22)19(2)10-11-3-7-20-8-5-16-13(20)9-11/h5,8,11-12H,3-4,6-7,9-10H2,1-2H3,(H,17,22)/t11-,12-/m0/s1. The first kappa shape index (κ1) is 14.9. The third kappa shape index (κ3) is 2.93. The van der Waals surface area contributed by atoms with Crippen LogP contribution in [0.5, 0.6) is 0 Å². The molecule has 0 saturated carbocycles. The summed E-state index contributed by atoms with van der Waals surface area (Å²) in [7, 11) is 3.56. The summed E-state index contributed by atoms with van der Waals surface area (Å²) in [4.78, 5) is 31.8. The number of nitrogens with one attached hydrogen (secondary N) is 1. The van der Waals surface area contributed by atoms with Crippen molar-refractivity contribution in [2.45, 2.75) is 31.8 Å². The maximum Gasteiger partial charge on any atom is 0.317 e. The average Bonchev–Trinajstić information content (AvgIpc) is 3.08. The highest BCUT2D eigenvalue weighted by atomic mass is 16.2. The minimum atomic E-state index is -0.370. The Bertz CT molecular complexity index is 570. The highest BCUT2D eigenvalue weighted by molar-refractivity contribution is 5.88. The average molecular weight is 305 g/mol. The zero-order valence-corrected chi connectivity index (χ0v) is 13.2. The number of rotatable bonds is 3. The number of likely N-dealkylation sites (N-methyl/N-ethyl adjacent to an activating group) is 1. The molecular weight excluding hydrogens is 282 g/mol. The highest BCUT2D eigenvalue weighted by Crippen LogP contribution is 2.20. The smallest absolute Gasteiger partial charge is 0.317 e. The van der Waals surface area contributed by atoms with E-state index < -0.39 is 0 Å². The van der Waals surface area contributed by atoms with Gasteiger partial charge < -0.3 is 19.7 Å². The van der Waals surface area contributed by atoms with Crippen LogP contribution in [0.2, 0.25) is 0 Å². The van der Waals surface area contributed by atoms with Gasteiger partial charge in [-0.15, -0.1) is 0 Å². The van der Waals surface area contributed by atoms with Gasteiger partial charge in [-0.3, -0.25) is 4.79 Å². The second-order valence-corrected chi connectivity index (χ2v) is 6.33. The molecule has 3 heterocycles. The van der Waals surface area contributed by atoms with Crippen LogP contribution in [0.3, 0.4) is 0 Å². The summed E-state index contributed by atoms with van der Waals surface area (Å²) in [6.07, 6.45) is 6.47. The van der Waals surface area contributed by atoms with Crippen LogP contribution < -0.4 is 5.32 Å². The van der Waals surface area contributed by atoms with Crippen molar-refractivity contribution in [1.82, 2.24) is 24.7 Å². The summed E-state index contributed by atoms with van der Waals surface area (Å²) < 4.78 is 2.17. The third-order valence-electron chi connectivity index (χ3n) is 4.66. The Morgan fingerprint density at radius 2 is 2.27 bits per heavy atom. The summed E-state index contributed by atoms with van der Waals surface area (Å²) in [6.45, 7) is 2.36. The Labute approximate surface area is 130 Å². The summed E-state index contributed by atoms with van der Waals surface area (Å²) >= 11 is 0. The van der Waals surface area contributed by atoms with Crippen molar-refractivity contribution in [3.8, 4) is 0 Å². The van der Waals surface area contributed by atoms with Gasteiger partial charge in [0.15, 0.2) is 0 Å². The summed E-state index contributed by atoms with van der Waals surface area (Å²) in [5.41, 5.74) is 0. The number of likely N-dealkylation sites (tertiary alicyclic amines) is 1. The van der Waals surface area contributed by atoms with Gasteiger partial charge in [0.1, 0.15) is 11.9 Å². The molecule has 0 unspecified atom stereocenters. The van der Waals surface area contributed by atoms with Gasteiger partial charge >= 0.3 is 6.03 Å². The van der Waals surface area contributed by atoms with E-state index >= 15 is 0 Å². The second kappa shape index (κ2) is 5.98. The lowest BCUT2D eigenvalue weighted by molar-refractivity contribution is -0.128. The van der Waals surface area contributed by atoms with Crippen LogP contribution in [-0.4, -0.2) is 64.5 Å². The normalized spacial score (nSPS) is 24.3. The fourth-order valence-corrected chi connectivity index (χ4v) is 3.26. The first-order valence-corrected chi connectivity index (χ1v) is 7.81. The van der Waals surface area contributed by atoms with Crippen molar-refractivity contribution in [2.24, 2.45) is 5.92 Å². The Kier molecular flexibility index (Phi) is 4.04. The number of fused-ring (bicyclic) bond motifs is 1. The molecule has 3 rings (SSSR count). The molecule has 1 N–H and O–H groups in total. The molecule has 7 heteroatoms. The molecular formula is C15H23N5O2. The predicted molar refractivity (Wildman–Crippen MR) is 81.2 cm³/mol. The molecule has 120 valence electrons. The van der Waals surface area contributed by atoms with Crippen LogP contribution in [0.25, 0.3) is 0 Å². The molecule has 0 aromatic carbocycles. The predicted octanol–water partition coefficient (Wildman–Crippen LogP) is 0.318. The number of carbonyl (C=O) groups excluding carboxylic acids is 2. The zero-order chi connectivity index (χ0) is 15.7. The Morgan fingerprint density at radius 1 is 1.45 bits per heavy atom. The van der Waals surface area contributed by atoms with Gasteiger partial charge in [-0.2, -0.15) is 0 Å². The van der Waals surface area contributed by atoms with Crippen LogP contribution in [-0.2, 0) is 17.8 Å². The molecule has 0 spiro atoms. The van der Waals surface area contributed by atoms with Crippen molar-refractivity contribution < 1.29 is 9.59 Å². The van der Waals surface area contributed by atoms with E-state index in [4.69, 9.17) is 0 Å². The van der Waals surface area contributed by atoms with E-state index in [-0.39, 0.29) is 18.0 Å². The van der Waals surface area contributed by atoms with Crippen molar-refractivity contribution >= 4 is 11.9 Å². The molecule has 1 saturated heterocycles. The fourth-order valence-electron chi connectivity index (χ4n) is 3.26. The Morgan fingerprint density at radius 3 is 3.00 bits per heavy atom. The first-order valence-electron chi connectivity index (χ1n) is 7.81. The molecule has 0 radical (unpaired) electrons. The number of nitrogens with zero attached hydrogens (tertiary/aromatic N) is 4. The van der Waals surface area contributed by atoms with Gasteiger partial charge in [0.2, 0.25) is 5.91 Å². The molecule has 3 amide bonds. The lowest BCUT2D eigenvalue weighted by Crippen LogP contribution is -2.47. The number of imidazole rings is 1. The van der Waals surface area contributed by atoms with Crippen molar-refractivity contribution in [3.05, 3.63) is 18.2 Å². The Hall–Kier alpha value is -2.05. The van der Waals surface area contributed by atoms with E-state index in [0.29, 0.717) is 25.4 Å². The van der Waals surface area contributed by atoms with Gasteiger partial charge in [-0.1, -0.05) is 0 Å². The minimum Gasteiger partial charge on any atom is -0.344 e. The number of carbonyl (C=O) groups is 2. The van der Waals surface area contributed by atoms with Crippen LogP contribution in [0, 0.1) is 5.92 Å². The number of urea groups is 1. The number of hydrogen-bond donors (Lipinski definition) is 1. The Balaban J connectivity index is 1.51. The molecule has 1 aromatic heterocycles. The maximum atomic E-state index is 12.2. The van der Waals surface area contributed by atoms with Gasteiger partial charge in [0.25, 0.3) is 0 Å². The lowest BCUT2D eigenvalue weighted by atomic mass is 9.97. The molecule has 22 heavy (non-hydrogen) atoms. The van der Waals surface area contributed by atoms with Crippen LogP contribution in [0.4, 0.5) is 4.79 Å². The van der Waals surface area contributed by atoms with Crippen LogP contribution in [0.1, 0.15) is 18.7 Å². The summed E-state index contributed by atoms with van der Waals surface area (Å²) in [6, 6.07) is -0.534. The number of aromatic nitrogens is 2. The maximum absolute atomic E-state index is 12.2. The highest BCUT2D eigenvalue weighted by Gasteiger charge is 2.31. The summed E-state index contributed by atoms with van der Waals surface area (Å²) in [5, 5.41) is 2.84. The molecule has 1 aromatic rings. The van der Waals surface area contributed by atoms with E-state index in [1.165, 1.54) is 0 Å². The van der Waals surface area contributed by atoms with Crippen LogP contribution >= 0.6 is 0 Å². The van der Waals surface area contributed by atoms with Gasteiger partial charge in [0.05, 0.1) is 0 Å². The molecule has 2 atom stereocenters. The third-order valence-corrected chi connectivity index (χ3v) is 4.66. The number of aryl methyl sites for hydroxylation is 1. The molecule has 7 nitrogen and oxygen atoms in total. The molecule has 1 fully saturated rings. The van der Waals surface area contributed by atoms with E-state index in [9.17, 15) is 9.59 Å². The number of hydrogen-bond acceptors (Lipinski definition) is 3.